The maximum atomic E-state index is 12.2. The largest absolute Gasteiger partial charge is 0.412 e. The summed E-state index contributed by atoms with van der Waals surface area (Å²) in [6, 6.07) is 17.9. The molecule has 1 aliphatic rings. The van der Waals surface area contributed by atoms with Gasteiger partial charge in [0.1, 0.15) is 5.75 Å². The molecule has 3 rings (SSSR count). The van der Waals surface area contributed by atoms with Crippen molar-refractivity contribution < 1.29 is 9.53 Å². The number of carbonyl (C=O) groups is 1. The van der Waals surface area contributed by atoms with Gasteiger partial charge >= 0.3 is 6.09 Å². The fraction of sp³-hybridized carbons (Fsp3) is 0.381. The Balaban J connectivity index is 1.65. The summed E-state index contributed by atoms with van der Waals surface area (Å²) in [6.45, 7) is 6.67. The molecule has 0 bridgehead atoms. The van der Waals surface area contributed by atoms with Crippen molar-refractivity contribution in [2.24, 2.45) is 0 Å². The molecule has 2 aromatic rings. The molecule has 0 aromatic heterocycles. The molecule has 1 heterocycles. The van der Waals surface area contributed by atoms with Gasteiger partial charge in [0.15, 0.2) is 0 Å². The molecule has 0 aliphatic carbocycles. The summed E-state index contributed by atoms with van der Waals surface area (Å²) in [5, 5.41) is 2.94. The highest BCUT2D eigenvalue weighted by Crippen LogP contribution is 2.22. The Hall–Kier alpha value is -2.37. The van der Waals surface area contributed by atoms with Gasteiger partial charge in [-0.2, -0.15) is 0 Å². The summed E-state index contributed by atoms with van der Waals surface area (Å²) in [7, 11) is 2.15. The van der Waals surface area contributed by atoms with Crippen LogP contribution >= 0.6 is 0 Å². The van der Waals surface area contributed by atoms with Crippen molar-refractivity contribution in [1.82, 2.24) is 15.1 Å². The highest BCUT2D eigenvalue weighted by molar-refractivity contribution is 5.70. The van der Waals surface area contributed by atoms with Crippen LogP contribution in [0.1, 0.15) is 17.2 Å². The van der Waals surface area contributed by atoms with Crippen molar-refractivity contribution in [3.8, 4) is 5.75 Å². The van der Waals surface area contributed by atoms with Gasteiger partial charge in [-0.25, -0.2) is 4.79 Å². The molecular formula is C21H27N3O2. The van der Waals surface area contributed by atoms with E-state index in [0.717, 1.165) is 26.2 Å². The van der Waals surface area contributed by atoms with Crippen molar-refractivity contribution in [1.29, 1.82) is 0 Å². The SMILES string of the molecule is Cc1ccc(C(CNC(=O)Oc2ccccc2)N2CCN(C)CC2)cc1. The van der Waals surface area contributed by atoms with Crippen LogP contribution in [0.2, 0.25) is 0 Å². The first-order valence-corrected chi connectivity index (χ1v) is 9.12. The van der Waals surface area contributed by atoms with Gasteiger partial charge in [-0.1, -0.05) is 48.0 Å². The highest BCUT2D eigenvalue weighted by Gasteiger charge is 2.24. The zero-order valence-corrected chi connectivity index (χ0v) is 15.5. The lowest BCUT2D eigenvalue weighted by atomic mass is 10.0. The Morgan fingerprint density at radius 1 is 1.04 bits per heavy atom. The number of rotatable bonds is 5. The van der Waals surface area contributed by atoms with E-state index in [-0.39, 0.29) is 6.04 Å². The van der Waals surface area contributed by atoms with Crippen LogP contribution in [0.15, 0.2) is 54.6 Å². The topological polar surface area (TPSA) is 44.8 Å². The van der Waals surface area contributed by atoms with Crippen LogP contribution < -0.4 is 10.1 Å². The Morgan fingerprint density at radius 2 is 1.69 bits per heavy atom. The average Bonchev–Trinajstić information content (AvgIpc) is 2.65. The van der Waals surface area contributed by atoms with Gasteiger partial charge < -0.3 is 15.0 Å². The molecule has 1 atom stereocenters. The van der Waals surface area contributed by atoms with Crippen molar-refractivity contribution in [3.05, 3.63) is 65.7 Å². The van der Waals surface area contributed by atoms with Crippen molar-refractivity contribution in [3.63, 3.8) is 0 Å². The van der Waals surface area contributed by atoms with Crippen LogP contribution in [0.3, 0.4) is 0 Å². The summed E-state index contributed by atoms with van der Waals surface area (Å²) in [4.78, 5) is 16.9. The van der Waals surface area contributed by atoms with E-state index in [0.29, 0.717) is 12.3 Å². The number of amides is 1. The van der Waals surface area contributed by atoms with Gasteiger partial charge in [-0.05, 0) is 31.7 Å². The van der Waals surface area contributed by atoms with E-state index in [2.05, 4.69) is 53.4 Å². The minimum absolute atomic E-state index is 0.146. The number of likely N-dealkylation sites (N-methyl/N-ethyl adjacent to an activating group) is 1. The lowest BCUT2D eigenvalue weighted by Gasteiger charge is -2.38. The highest BCUT2D eigenvalue weighted by atomic mass is 16.6. The van der Waals surface area contributed by atoms with E-state index in [1.54, 1.807) is 12.1 Å². The quantitative estimate of drug-likeness (QED) is 0.897. The predicted octanol–water partition coefficient (Wildman–Crippen LogP) is 3.07. The first-order chi connectivity index (χ1) is 12.6. The summed E-state index contributed by atoms with van der Waals surface area (Å²) in [5.41, 5.74) is 2.46. The van der Waals surface area contributed by atoms with Crippen LogP contribution in [-0.2, 0) is 0 Å². The molecule has 26 heavy (non-hydrogen) atoms. The van der Waals surface area contributed by atoms with Gasteiger partial charge in [0.2, 0.25) is 0 Å². The van der Waals surface area contributed by atoms with Gasteiger partial charge in [0, 0.05) is 32.7 Å². The molecule has 5 heteroatoms. The molecule has 0 spiro atoms. The van der Waals surface area contributed by atoms with Crippen molar-refractivity contribution in [2.75, 3.05) is 39.8 Å². The zero-order valence-electron chi connectivity index (χ0n) is 15.5. The van der Waals surface area contributed by atoms with Gasteiger partial charge in [0.05, 0.1) is 6.04 Å². The molecule has 138 valence electrons. The number of para-hydroxylation sites is 1. The zero-order chi connectivity index (χ0) is 18.4. The maximum Gasteiger partial charge on any atom is 0.412 e. The lowest BCUT2D eigenvalue weighted by molar-refractivity contribution is 0.109. The van der Waals surface area contributed by atoms with Crippen LogP contribution in [0, 0.1) is 6.92 Å². The van der Waals surface area contributed by atoms with E-state index in [9.17, 15) is 4.79 Å². The maximum absolute atomic E-state index is 12.2. The molecule has 5 nitrogen and oxygen atoms in total. The Morgan fingerprint density at radius 3 is 2.35 bits per heavy atom. The van der Waals surface area contributed by atoms with Crippen LogP contribution in [0.5, 0.6) is 5.75 Å². The number of hydrogen-bond donors (Lipinski definition) is 1. The summed E-state index contributed by atoms with van der Waals surface area (Å²) in [5.74, 6) is 0.552. The third-order valence-electron chi connectivity index (χ3n) is 4.83. The molecule has 0 radical (unpaired) electrons. The number of piperazine rings is 1. The Kier molecular flexibility index (Phi) is 6.26. The second kappa shape index (κ2) is 8.83. The molecule has 1 fully saturated rings. The van der Waals surface area contributed by atoms with E-state index in [1.807, 2.05) is 18.2 Å². The fourth-order valence-electron chi connectivity index (χ4n) is 3.19. The number of benzene rings is 2. The minimum Gasteiger partial charge on any atom is -0.410 e. The van der Waals surface area contributed by atoms with E-state index in [4.69, 9.17) is 4.74 Å². The lowest BCUT2D eigenvalue weighted by Crippen LogP contribution is -2.48. The van der Waals surface area contributed by atoms with Gasteiger partial charge in [-0.15, -0.1) is 0 Å². The number of ether oxygens (including phenoxy) is 1. The van der Waals surface area contributed by atoms with E-state index in [1.165, 1.54) is 11.1 Å². The molecule has 2 aromatic carbocycles. The predicted molar refractivity (Wildman–Crippen MR) is 103 cm³/mol. The van der Waals surface area contributed by atoms with Crippen LogP contribution in [0.4, 0.5) is 4.79 Å². The first-order valence-electron chi connectivity index (χ1n) is 9.12. The number of nitrogens with one attached hydrogen (secondary N) is 1. The second-order valence-corrected chi connectivity index (χ2v) is 6.85. The average molecular weight is 353 g/mol. The summed E-state index contributed by atoms with van der Waals surface area (Å²) >= 11 is 0. The van der Waals surface area contributed by atoms with Crippen LogP contribution in [0.25, 0.3) is 0 Å². The van der Waals surface area contributed by atoms with Crippen molar-refractivity contribution in [2.45, 2.75) is 13.0 Å². The molecule has 1 amide bonds. The summed E-state index contributed by atoms with van der Waals surface area (Å²) < 4.78 is 5.35. The van der Waals surface area contributed by atoms with Crippen LogP contribution in [-0.4, -0.2) is 55.7 Å². The summed E-state index contributed by atoms with van der Waals surface area (Å²) in [6.07, 6.45) is -0.414. The van der Waals surface area contributed by atoms with E-state index < -0.39 is 6.09 Å². The number of carbonyl (C=O) groups excluding carboxylic acids is 1. The van der Waals surface area contributed by atoms with Crippen molar-refractivity contribution >= 4 is 6.09 Å². The smallest absolute Gasteiger partial charge is 0.410 e. The molecule has 1 N–H and O–H groups in total. The molecule has 1 unspecified atom stereocenters. The first kappa shape index (κ1) is 18.4. The fourth-order valence-corrected chi connectivity index (χ4v) is 3.19. The standard InChI is InChI=1S/C21H27N3O2/c1-17-8-10-18(11-9-17)20(24-14-12-23(2)13-15-24)16-22-21(25)26-19-6-4-3-5-7-19/h3-11,20H,12-16H2,1-2H3,(H,22,25). The third-order valence-corrected chi connectivity index (χ3v) is 4.83. The van der Waals surface area contributed by atoms with E-state index >= 15 is 0 Å². The number of hydrogen-bond acceptors (Lipinski definition) is 4. The molecule has 1 aliphatic heterocycles. The van der Waals surface area contributed by atoms with Gasteiger partial charge in [-0.3, -0.25) is 4.90 Å². The van der Waals surface area contributed by atoms with Gasteiger partial charge in [0.25, 0.3) is 0 Å². The monoisotopic (exact) mass is 353 g/mol. The second-order valence-electron chi connectivity index (χ2n) is 6.85. The third kappa shape index (κ3) is 5.07. The molecule has 1 saturated heterocycles. The normalized spacial score (nSPS) is 16.8. The number of nitrogens with zero attached hydrogens (tertiary/aromatic N) is 2. The molecular weight excluding hydrogens is 326 g/mol. The Labute approximate surface area is 155 Å². The number of aryl methyl sites for hydroxylation is 1. The Bertz CT molecular complexity index is 695. The minimum atomic E-state index is -0.414. The molecule has 0 saturated carbocycles.